The van der Waals surface area contributed by atoms with E-state index >= 15 is 0 Å². The molecule has 0 fully saturated rings. The second-order valence-electron chi connectivity index (χ2n) is 5.19. The van der Waals surface area contributed by atoms with E-state index in [0.717, 1.165) is 11.3 Å². The number of carbonyl (C=O) groups is 1. The van der Waals surface area contributed by atoms with Crippen LogP contribution >= 0.6 is 0 Å². The van der Waals surface area contributed by atoms with Crippen molar-refractivity contribution in [2.75, 3.05) is 27.3 Å². The molecule has 0 spiro atoms. The number of amides is 2. The molecule has 2 rings (SSSR count). The fraction of sp³-hybridized carbons (Fsp3) is 0.375. The minimum atomic E-state index is -0.717. The molecule has 0 aliphatic rings. The highest BCUT2D eigenvalue weighted by atomic mass is 16.5. The Kier molecular flexibility index (Phi) is 6.13. The van der Waals surface area contributed by atoms with E-state index in [4.69, 9.17) is 9.26 Å². The van der Waals surface area contributed by atoms with Gasteiger partial charge in [-0.1, -0.05) is 35.5 Å². The van der Waals surface area contributed by atoms with Crippen LogP contribution in [0.15, 0.2) is 40.9 Å². The van der Waals surface area contributed by atoms with Crippen LogP contribution in [0.25, 0.3) is 11.3 Å². The summed E-state index contributed by atoms with van der Waals surface area (Å²) in [4.78, 5) is 13.3. The van der Waals surface area contributed by atoms with Crippen LogP contribution in [-0.4, -0.2) is 54.6 Å². The number of nitrogens with zero attached hydrogens (tertiary/aromatic N) is 2. The van der Waals surface area contributed by atoms with Crippen molar-refractivity contribution < 1.29 is 19.2 Å². The van der Waals surface area contributed by atoms with E-state index in [0.29, 0.717) is 5.76 Å². The van der Waals surface area contributed by atoms with Crippen LogP contribution in [-0.2, 0) is 11.3 Å². The number of methoxy groups -OCH3 is 1. The van der Waals surface area contributed by atoms with Crippen LogP contribution < -0.4 is 5.32 Å². The molecule has 0 aliphatic carbocycles. The Morgan fingerprint density at radius 1 is 1.43 bits per heavy atom. The molecule has 0 saturated heterocycles. The maximum absolute atomic E-state index is 11.9. The van der Waals surface area contributed by atoms with E-state index in [1.54, 1.807) is 13.1 Å². The molecule has 1 heterocycles. The first-order valence-corrected chi connectivity index (χ1v) is 7.27. The second kappa shape index (κ2) is 8.30. The van der Waals surface area contributed by atoms with Gasteiger partial charge in [-0.2, -0.15) is 0 Å². The van der Waals surface area contributed by atoms with Crippen molar-refractivity contribution in [1.29, 1.82) is 0 Å². The summed E-state index contributed by atoms with van der Waals surface area (Å²) < 4.78 is 10.0. The SMILES string of the molecule is COC[C@@H](O)CN(C)C(=O)NCc1cc(-c2ccccc2)no1. The Hall–Kier alpha value is -2.38. The van der Waals surface area contributed by atoms with Gasteiger partial charge in [0.05, 0.1) is 25.8 Å². The summed E-state index contributed by atoms with van der Waals surface area (Å²) in [5, 5.41) is 16.3. The largest absolute Gasteiger partial charge is 0.389 e. The highest BCUT2D eigenvalue weighted by Gasteiger charge is 2.14. The first-order chi connectivity index (χ1) is 11.1. The lowest BCUT2D eigenvalue weighted by Gasteiger charge is -2.20. The van der Waals surface area contributed by atoms with Crippen molar-refractivity contribution in [2.45, 2.75) is 12.6 Å². The number of hydrogen-bond acceptors (Lipinski definition) is 5. The van der Waals surface area contributed by atoms with Crippen LogP contribution in [0.3, 0.4) is 0 Å². The zero-order valence-electron chi connectivity index (χ0n) is 13.2. The Bertz CT molecular complexity index is 615. The Morgan fingerprint density at radius 2 is 2.17 bits per heavy atom. The smallest absolute Gasteiger partial charge is 0.317 e. The summed E-state index contributed by atoms with van der Waals surface area (Å²) in [6.45, 7) is 0.592. The van der Waals surface area contributed by atoms with E-state index in [2.05, 4.69) is 10.5 Å². The van der Waals surface area contributed by atoms with E-state index in [1.165, 1.54) is 12.0 Å². The minimum Gasteiger partial charge on any atom is -0.389 e. The molecule has 1 aromatic heterocycles. The van der Waals surface area contributed by atoms with Crippen molar-refractivity contribution in [1.82, 2.24) is 15.4 Å². The minimum absolute atomic E-state index is 0.181. The average molecular weight is 319 g/mol. The Labute approximate surface area is 134 Å². The third-order valence-electron chi connectivity index (χ3n) is 3.23. The van der Waals surface area contributed by atoms with Crippen molar-refractivity contribution in [2.24, 2.45) is 0 Å². The number of nitrogens with one attached hydrogen (secondary N) is 1. The number of ether oxygens (including phenoxy) is 1. The zero-order valence-corrected chi connectivity index (χ0v) is 13.2. The number of likely N-dealkylation sites (N-methyl/N-ethyl adjacent to an activating group) is 1. The number of aliphatic hydroxyl groups excluding tert-OH is 1. The molecule has 2 amide bonds. The van der Waals surface area contributed by atoms with Crippen molar-refractivity contribution in [3.05, 3.63) is 42.2 Å². The monoisotopic (exact) mass is 319 g/mol. The highest BCUT2D eigenvalue weighted by molar-refractivity contribution is 5.73. The van der Waals surface area contributed by atoms with Crippen LogP contribution in [0.4, 0.5) is 4.79 Å². The first kappa shape index (κ1) is 17.0. The fourth-order valence-electron chi connectivity index (χ4n) is 2.08. The molecule has 0 bridgehead atoms. The molecular weight excluding hydrogens is 298 g/mol. The van der Waals surface area contributed by atoms with Gasteiger partial charge in [-0.25, -0.2) is 4.79 Å². The third-order valence-corrected chi connectivity index (χ3v) is 3.23. The first-order valence-electron chi connectivity index (χ1n) is 7.27. The zero-order chi connectivity index (χ0) is 16.7. The van der Waals surface area contributed by atoms with Crippen molar-refractivity contribution >= 4 is 6.03 Å². The number of rotatable bonds is 7. The molecule has 23 heavy (non-hydrogen) atoms. The lowest BCUT2D eigenvalue weighted by atomic mass is 10.1. The van der Waals surface area contributed by atoms with Crippen molar-refractivity contribution in [3.8, 4) is 11.3 Å². The van der Waals surface area contributed by atoms with Gasteiger partial charge >= 0.3 is 6.03 Å². The lowest BCUT2D eigenvalue weighted by molar-refractivity contribution is 0.0489. The van der Waals surface area contributed by atoms with Gasteiger partial charge in [-0.3, -0.25) is 0 Å². The second-order valence-corrected chi connectivity index (χ2v) is 5.19. The number of aliphatic hydroxyl groups is 1. The quantitative estimate of drug-likeness (QED) is 0.807. The molecule has 7 nitrogen and oxygen atoms in total. The van der Waals surface area contributed by atoms with Crippen LogP contribution in [0.1, 0.15) is 5.76 Å². The van der Waals surface area contributed by atoms with Gasteiger partial charge in [0.25, 0.3) is 0 Å². The molecule has 1 atom stereocenters. The predicted octanol–water partition coefficient (Wildman–Crippen LogP) is 1.49. The van der Waals surface area contributed by atoms with Crippen molar-refractivity contribution in [3.63, 3.8) is 0 Å². The Morgan fingerprint density at radius 3 is 2.87 bits per heavy atom. The van der Waals surface area contributed by atoms with Gasteiger partial charge in [0.2, 0.25) is 0 Å². The molecule has 0 radical (unpaired) electrons. The maximum Gasteiger partial charge on any atom is 0.317 e. The van der Waals surface area contributed by atoms with Gasteiger partial charge < -0.3 is 24.6 Å². The van der Waals surface area contributed by atoms with Gasteiger partial charge in [0.1, 0.15) is 5.69 Å². The van der Waals surface area contributed by atoms with Crippen LogP contribution in [0, 0.1) is 0 Å². The summed E-state index contributed by atoms with van der Waals surface area (Å²) >= 11 is 0. The summed E-state index contributed by atoms with van der Waals surface area (Å²) in [5.41, 5.74) is 1.67. The number of benzene rings is 1. The van der Waals surface area contributed by atoms with E-state index < -0.39 is 6.10 Å². The summed E-state index contributed by atoms with van der Waals surface area (Å²) in [5.74, 6) is 0.558. The molecule has 0 aliphatic heterocycles. The van der Waals surface area contributed by atoms with Gasteiger partial charge in [-0.05, 0) is 0 Å². The van der Waals surface area contributed by atoms with E-state index in [-0.39, 0.29) is 25.7 Å². The number of aromatic nitrogens is 1. The standard InChI is InChI=1S/C16H21N3O4/c1-19(10-13(20)11-22-2)16(21)17-9-14-8-15(18-23-14)12-6-4-3-5-7-12/h3-8,13,20H,9-11H2,1-2H3,(H,17,21)/t13-/m0/s1. The van der Waals surface area contributed by atoms with Gasteiger partial charge in [0, 0.05) is 25.8 Å². The van der Waals surface area contributed by atoms with E-state index in [1.807, 2.05) is 30.3 Å². The molecule has 1 aromatic carbocycles. The number of carbonyl (C=O) groups excluding carboxylic acids is 1. The van der Waals surface area contributed by atoms with Crippen LogP contribution in [0.2, 0.25) is 0 Å². The fourth-order valence-corrected chi connectivity index (χ4v) is 2.08. The summed E-state index contributed by atoms with van der Waals surface area (Å²) in [7, 11) is 3.10. The molecule has 0 unspecified atom stereocenters. The third kappa shape index (κ3) is 5.08. The normalized spacial score (nSPS) is 12.0. The molecule has 2 aromatic rings. The van der Waals surface area contributed by atoms with E-state index in [9.17, 15) is 9.90 Å². The highest BCUT2D eigenvalue weighted by Crippen LogP contribution is 2.18. The maximum atomic E-state index is 11.9. The van der Waals surface area contributed by atoms with Gasteiger partial charge in [-0.15, -0.1) is 0 Å². The molecule has 2 N–H and O–H groups in total. The van der Waals surface area contributed by atoms with Gasteiger partial charge in [0.15, 0.2) is 5.76 Å². The Balaban J connectivity index is 1.84. The molecule has 7 heteroatoms. The number of urea groups is 1. The molecule has 0 saturated carbocycles. The van der Waals surface area contributed by atoms with Crippen LogP contribution in [0.5, 0.6) is 0 Å². The predicted molar refractivity (Wildman–Crippen MR) is 84.7 cm³/mol. The lowest BCUT2D eigenvalue weighted by Crippen LogP contribution is -2.42. The summed E-state index contributed by atoms with van der Waals surface area (Å²) in [6.07, 6.45) is -0.717. The summed E-state index contributed by atoms with van der Waals surface area (Å²) in [6, 6.07) is 11.1. The number of hydrogen-bond donors (Lipinski definition) is 2. The average Bonchev–Trinajstić information content (AvgIpc) is 3.02. The molecule has 124 valence electrons. The topological polar surface area (TPSA) is 87.8 Å². The molecular formula is C16H21N3O4.